The van der Waals surface area contributed by atoms with Gasteiger partial charge in [0.15, 0.2) is 0 Å². The molecule has 0 amide bonds. The second kappa shape index (κ2) is 11.4. The number of rotatable bonds is 9. The number of hydrogen-bond donors (Lipinski definition) is 1. The van der Waals surface area contributed by atoms with Gasteiger partial charge in [-0.15, -0.1) is 0 Å². The van der Waals surface area contributed by atoms with Crippen LogP contribution in [-0.4, -0.2) is 19.0 Å². The Labute approximate surface area is 177 Å². The molecule has 2 aromatic rings. The van der Waals surface area contributed by atoms with Crippen LogP contribution >= 0.6 is 8.53 Å². The Morgan fingerprint density at radius 2 is 1.55 bits per heavy atom. The Hall–Kier alpha value is -1.74. The molecule has 0 bridgehead atoms. The molecule has 0 heterocycles. The lowest BCUT2D eigenvalue weighted by Gasteiger charge is -2.21. The van der Waals surface area contributed by atoms with E-state index in [9.17, 15) is 0 Å². The van der Waals surface area contributed by atoms with Crippen LogP contribution in [0.5, 0.6) is 0 Å². The first-order chi connectivity index (χ1) is 13.9. The Morgan fingerprint density at radius 1 is 0.931 bits per heavy atom. The normalized spacial score (nSPS) is 12.4. The average molecular weight is 415 g/mol. The lowest BCUT2D eigenvalue weighted by Crippen LogP contribution is -2.22. The van der Waals surface area contributed by atoms with E-state index in [1.165, 1.54) is 11.1 Å². The van der Waals surface area contributed by atoms with Gasteiger partial charge >= 0.3 is 0 Å². The van der Waals surface area contributed by atoms with Gasteiger partial charge < -0.3 is 14.1 Å². The molecule has 0 radical (unpaired) electrons. The van der Waals surface area contributed by atoms with Crippen LogP contribution in [0.4, 0.5) is 5.69 Å². The second-order valence-electron chi connectivity index (χ2n) is 7.87. The van der Waals surface area contributed by atoms with Crippen LogP contribution in [0.25, 0.3) is 0 Å². The second-order valence-corrected chi connectivity index (χ2v) is 9.13. The summed E-state index contributed by atoms with van der Waals surface area (Å²) in [5.74, 6) is 0.780. The molecule has 0 saturated heterocycles. The third kappa shape index (κ3) is 7.22. The standard InChI is InChI=1S/C24H35N2O2P/c1-7-12-19-13-10-11-14-22(19)25-23(26-29(27-8-2)28-9-3)20-15-17-21(18-16-20)24(4,5)6/h10-11,13-18H,7-9,12H2,1-6H3,(H,25,26). The number of benzene rings is 2. The van der Waals surface area contributed by atoms with E-state index in [0.717, 1.165) is 29.9 Å². The van der Waals surface area contributed by atoms with Gasteiger partial charge in [-0.25, -0.2) is 4.99 Å². The number of aryl methyl sites for hydroxylation is 1. The molecule has 0 aliphatic rings. The minimum absolute atomic E-state index is 0.111. The van der Waals surface area contributed by atoms with Crippen LogP contribution in [0.1, 0.15) is 64.7 Å². The van der Waals surface area contributed by atoms with Gasteiger partial charge in [0.2, 0.25) is 0 Å². The van der Waals surface area contributed by atoms with Crippen molar-refractivity contribution in [3.8, 4) is 0 Å². The van der Waals surface area contributed by atoms with E-state index >= 15 is 0 Å². The summed E-state index contributed by atoms with van der Waals surface area (Å²) in [6, 6.07) is 16.9. The van der Waals surface area contributed by atoms with Gasteiger partial charge in [0, 0.05) is 5.56 Å². The highest BCUT2D eigenvalue weighted by molar-refractivity contribution is 7.45. The number of aliphatic imine (C=N–C) groups is 1. The Morgan fingerprint density at radius 3 is 2.10 bits per heavy atom. The quantitative estimate of drug-likeness (QED) is 0.276. The maximum Gasteiger partial charge on any atom is 0.288 e. The van der Waals surface area contributed by atoms with Crippen molar-refractivity contribution in [1.29, 1.82) is 0 Å². The largest absolute Gasteiger partial charge is 0.318 e. The molecule has 2 aromatic carbocycles. The maximum absolute atomic E-state index is 5.78. The Balaban J connectivity index is 2.45. The summed E-state index contributed by atoms with van der Waals surface area (Å²) in [6.07, 6.45) is 2.09. The summed E-state index contributed by atoms with van der Waals surface area (Å²) in [4.78, 5) is 5.01. The van der Waals surface area contributed by atoms with Crippen LogP contribution in [0.15, 0.2) is 53.5 Å². The van der Waals surface area contributed by atoms with Crippen molar-refractivity contribution >= 4 is 20.0 Å². The molecule has 0 atom stereocenters. The molecule has 158 valence electrons. The topological polar surface area (TPSA) is 42.9 Å². The molecule has 2 rings (SSSR count). The Bertz CT molecular complexity index is 776. The number of amidine groups is 1. The summed E-state index contributed by atoms with van der Waals surface area (Å²) < 4.78 is 11.6. The Kier molecular flexibility index (Phi) is 9.29. The van der Waals surface area contributed by atoms with Crippen LogP contribution in [0.2, 0.25) is 0 Å². The lowest BCUT2D eigenvalue weighted by molar-refractivity contribution is 0.266. The van der Waals surface area contributed by atoms with Crippen molar-refractivity contribution in [3.05, 3.63) is 65.2 Å². The van der Waals surface area contributed by atoms with E-state index in [1.807, 2.05) is 19.9 Å². The van der Waals surface area contributed by atoms with Crippen LogP contribution in [0, 0.1) is 0 Å². The van der Waals surface area contributed by atoms with Gasteiger partial charge in [-0.3, -0.25) is 0 Å². The molecule has 0 aromatic heterocycles. The van der Waals surface area contributed by atoms with Crippen molar-refractivity contribution in [1.82, 2.24) is 5.09 Å². The van der Waals surface area contributed by atoms with Gasteiger partial charge in [-0.05, 0) is 42.9 Å². The highest BCUT2D eigenvalue weighted by atomic mass is 31.2. The maximum atomic E-state index is 5.78. The van der Waals surface area contributed by atoms with Crippen LogP contribution in [0.3, 0.4) is 0 Å². The molecule has 0 saturated carbocycles. The highest BCUT2D eigenvalue weighted by Crippen LogP contribution is 2.34. The first-order valence-electron chi connectivity index (χ1n) is 10.5. The van der Waals surface area contributed by atoms with Crippen molar-refractivity contribution in [2.75, 3.05) is 13.2 Å². The molecule has 0 unspecified atom stereocenters. The van der Waals surface area contributed by atoms with E-state index in [4.69, 9.17) is 14.0 Å². The first-order valence-corrected chi connectivity index (χ1v) is 11.7. The zero-order valence-corrected chi connectivity index (χ0v) is 19.6. The smallest absolute Gasteiger partial charge is 0.288 e. The fourth-order valence-electron chi connectivity index (χ4n) is 2.93. The third-order valence-corrected chi connectivity index (χ3v) is 5.84. The van der Waals surface area contributed by atoms with Gasteiger partial charge in [0.05, 0.1) is 18.9 Å². The average Bonchev–Trinajstić information content (AvgIpc) is 2.69. The molecule has 0 aliphatic heterocycles. The van der Waals surface area contributed by atoms with E-state index in [0.29, 0.717) is 13.2 Å². The van der Waals surface area contributed by atoms with E-state index in [1.54, 1.807) is 0 Å². The lowest BCUT2D eigenvalue weighted by atomic mass is 9.86. The summed E-state index contributed by atoms with van der Waals surface area (Å²) in [5, 5.41) is 3.42. The predicted molar refractivity (Wildman–Crippen MR) is 125 cm³/mol. The predicted octanol–water partition coefficient (Wildman–Crippen LogP) is 6.90. The monoisotopic (exact) mass is 414 g/mol. The molecule has 29 heavy (non-hydrogen) atoms. The van der Waals surface area contributed by atoms with Crippen molar-refractivity contribution in [2.24, 2.45) is 4.99 Å². The first kappa shape index (κ1) is 23.5. The van der Waals surface area contributed by atoms with E-state index in [2.05, 4.69) is 75.2 Å². The molecular weight excluding hydrogens is 379 g/mol. The molecular formula is C24H35N2O2P. The number of para-hydroxylation sites is 1. The molecule has 0 spiro atoms. The van der Waals surface area contributed by atoms with Gasteiger partial charge in [0.1, 0.15) is 5.84 Å². The zero-order chi connectivity index (χ0) is 21.3. The summed E-state index contributed by atoms with van der Waals surface area (Å²) in [6.45, 7) is 14.0. The molecule has 0 fully saturated rings. The van der Waals surface area contributed by atoms with Crippen molar-refractivity contribution in [2.45, 2.75) is 59.8 Å². The minimum Gasteiger partial charge on any atom is -0.318 e. The van der Waals surface area contributed by atoms with E-state index < -0.39 is 8.53 Å². The van der Waals surface area contributed by atoms with Gasteiger partial charge in [-0.2, -0.15) is 0 Å². The number of hydrogen-bond acceptors (Lipinski definition) is 3. The fourth-order valence-corrected chi connectivity index (χ4v) is 3.95. The van der Waals surface area contributed by atoms with Crippen molar-refractivity contribution in [3.63, 3.8) is 0 Å². The highest BCUT2D eigenvalue weighted by Gasteiger charge is 2.17. The summed E-state index contributed by atoms with van der Waals surface area (Å²) in [7, 11) is -1.25. The summed E-state index contributed by atoms with van der Waals surface area (Å²) in [5.41, 5.74) is 4.66. The molecule has 5 heteroatoms. The van der Waals surface area contributed by atoms with Crippen molar-refractivity contribution < 1.29 is 9.05 Å². The molecule has 4 nitrogen and oxygen atoms in total. The molecule has 1 N–H and O–H groups in total. The summed E-state index contributed by atoms with van der Waals surface area (Å²) >= 11 is 0. The SMILES string of the molecule is CCCc1ccccc1N=C(NP(OCC)OCC)c1ccc(C(C)(C)C)cc1. The third-order valence-electron chi connectivity index (χ3n) is 4.46. The van der Waals surface area contributed by atoms with Crippen LogP contribution < -0.4 is 5.09 Å². The molecule has 0 aliphatic carbocycles. The fraction of sp³-hybridized carbons (Fsp3) is 0.458. The van der Waals surface area contributed by atoms with Gasteiger partial charge in [0.25, 0.3) is 8.53 Å². The minimum atomic E-state index is -1.25. The number of nitrogens with one attached hydrogen (secondary N) is 1. The van der Waals surface area contributed by atoms with Gasteiger partial charge in [-0.1, -0.05) is 76.6 Å². The number of nitrogens with zero attached hydrogens (tertiary/aromatic N) is 1. The van der Waals surface area contributed by atoms with Crippen LogP contribution in [-0.2, 0) is 20.9 Å². The van der Waals surface area contributed by atoms with E-state index in [-0.39, 0.29) is 5.41 Å². The zero-order valence-electron chi connectivity index (χ0n) is 18.7.